The Labute approximate surface area is 248 Å². The van der Waals surface area contributed by atoms with Crippen LogP contribution in [0.2, 0.25) is 0 Å². The summed E-state index contributed by atoms with van der Waals surface area (Å²) in [5.41, 5.74) is -2.31. The summed E-state index contributed by atoms with van der Waals surface area (Å²) in [6.45, 7) is 3.32. The van der Waals surface area contributed by atoms with E-state index in [1.807, 2.05) is 35.2 Å². The van der Waals surface area contributed by atoms with E-state index in [0.717, 1.165) is 69.5 Å². The van der Waals surface area contributed by atoms with Gasteiger partial charge in [0.2, 0.25) is 5.91 Å². The van der Waals surface area contributed by atoms with Crippen LogP contribution < -0.4 is 0 Å². The van der Waals surface area contributed by atoms with Crippen molar-refractivity contribution in [1.82, 2.24) is 9.80 Å². The van der Waals surface area contributed by atoms with E-state index in [1.165, 1.54) is 0 Å². The van der Waals surface area contributed by atoms with E-state index in [-0.39, 0.29) is 23.0 Å². The molecule has 234 valence electrons. The lowest BCUT2D eigenvalue weighted by atomic mass is 9.63. The fraction of sp³-hybridized carbons (Fsp3) is 0.606. The highest BCUT2D eigenvalue weighted by Crippen LogP contribution is 2.54. The number of piperidine rings is 2. The lowest BCUT2D eigenvalue weighted by molar-refractivity contribution is -0.147. The Kier molecular flexibility index (Phi) is 8.07. The van der Waals surface area contributed by atoms with Crippen molar-refractivity contribution < 1.29 is 35.9 Å². The van der Waals surface area contributed by atoms with Crippen LogP contribution in [0, 0.1) is 5.41 Å². The topological polar surface area (TPSA) is 32.8 Å². The molecule has 6 rings (SSSR count). The second kappa shape index (κ2) is 11.4. The number of benzene rings is 2. The highest BCUT2D eigenvalue weighted by molar-refractivity contribution is 5.77. The van der Waals surface area contributed by atoms with Crippen LogP contribution in [0.15, 0.2) is 48.5 Å². The first kappa shape index (κ1) is 30.4. The molecule has 0 radical (unpaired) electrons. The van der Waals surface area contributed by atoms with Crippen molar-refractivity contribution in [2.24, 2.45) is 5.41 Å². The predicted molar refractivity (Wildman–Crippen MR) is 149 cm³/mol. The molecule has 4 aliphatic rings. The van der Waals surface area contributed by atoms with Gasteiger partial charge in [-0.3, -0.25) is 9.69 Å². The van der Waals surface area contributed by atoms with Gasteiger partial charge in [0.15, 0.2) is 0 Å². The van der Waals surface area contributed by atoms with Gasteiger partial charge in [0, 0.05) is 25.5 Å². The minimum Gasteiger partial charge on any atom is -0.381 e. The summed E-state index contributed by atoms with van der Waals surface area (Å²) in [6, 6.07) is 11.2. The monoisotopic (exact) mass is 608 g/mol. The number of alkyl halides is 6. The molecule has 3 saturated heterocycles. The first-order valence-electron chi connectivity index (χ1n) is 15.4. The highest BCUT2D eigenvalue weighted by atomic mass is 19.4. The number of likely N-dealkylation sites (tertiary alicyclic amines) is 2. The van der Waals surface area contributed by atoms with Crippen molar-refractivity contribution in [3.63, 3.8) is 0 Å². The molecule has 1 amide bonds. The zero-order valence-corrected chi connectivity index (χ0v) is 24.2. The van der Waals surface area contributed by atoms with Gasteiger partial charge in [-0.25, -0.2) is 0 Å². The Morgan fingerprint density at radius 2 is 1.47 bits per heavy atom. The van der Waals surface area contributed by atoms with Gasteiger partial charge < -0.3 is 9.64 Å². The Morgan fingerprint density at radius 3 is 2.05 bits per heavy atom. The lowest BCUT2D eigenvalue weighted by Crippen LogP contribution is -2.66. The van der Waals surface area contributed by atoms with Crippen LogP contribution in [0.1, 0.15) is 86.0 Å². The number of halogens is 6. The molecule has 4 nitrogen and oxygen atoms in total. The molecule has 43 heavy (non-hydrogen) atoms. The van der Waals surface area contributed by atoms with Gasteiger partial charge in [0.1, 0.15) is 0 Å². The van der Waals surface area contributed by atoms with Crippen molar-refractivity contribution in [2.75, 3.05) is 32.8 Å². The number of nitrogens with zero attached hydrogens (tertiary/aromatic N) is 2. The minimum absolute atomic E-state index is 0.00297. The van der Waals surface area contributed by atoms with Gasteiger partial charge in [-0.15, -0.1) is 0 Å². The highest BCUT2D eigenvalue weighted by Gasteiger charge is 2.56. The summed E-state index contributed by atoms with van der Waals surface area (Å²) in [7, 11) is 0. The molecular formula is C33H38F6N2O2. The number of amides is 1. The molecule has 1 saturated carbocycles. The maximum absolute atomic E-state index is 14.0. The Balaban J connectivity index is 1.52. The number of rotatable bonds is 4. The standard InChI is InChI=1S/C33H38F6N2O2/c34-32(35,36)25-19-23(20-26(21-25)33(37,38)39)27-9-6-11-31(24-7-2-1-3-8-24,29(27)41-15-5-4-10-28(41)42)40-16-12-30(13-17-40)14-18-43-22-30/h1-3,7-8,19-21,27,29H,4-6,9-18,22H2/t27-,29-,31?/m0/s1. The summed E-state index contributed by atoms with van der Waals surface area (Å²) in [5.74, 6) is -0.783. The van der Waals surface area contributed by atoms with Gasteiger partial charge >= 0.3 is 12.4 Å². The SMILES string of the molecule is O=C1CCCCN1[C@H]1[C@H](c2cc(C(F)(F)F)cc(C(F)(F)F)c2)CCCC1(c1ccccc1)N1CCC2(CCOC2)CC1. The average Bonchev–Trinajstić information content (AvgIpc) is 3.44. The van der Waals surface area contributed by atoms with Gasteiger partial charge in [-0.2, -0.15) is 26.3 Å². The number of hydrogen-bond donors (Lipinski definition) is 0. The van der Waals surface area contributed by atoms with Crippen molar-refractivity contribution in [2.45, 2.75) is 87.6 Å². The first-order chi connectivity index (χ1) is 20.4. The van der Waals surface area contributed by atoms with Crippen LogP contribution >= 0.6 is 0 Å². The molecule has 0 bridgehead atoms. The molecule has 2 aromatic carbocycles. The van der Waals surface area contributed by atoms with Gasteiger partial charge in [-0.05, 0) is 92.8 Å². The molecule has 10 heteroatoms. The van der Waals surface area contributed by atoms with Crippen molar-refractivity contribution in [3.8, 4) is 0 Å². The molecule has 4 fully saturated rings. The normalized spacial score (nSPS) is 28.9. The van der Waals surface area contributed by atoms with Crippen LogP contribution in [-0.4, -0.2) is 54.6 Å². The van der Waals surface area contributed by atoms with E-state index < -0.39 is 41.0 Å². The van der Waals surface area contributed by atoms with Crippen LogP contribution in [0.5, 0.6) is 0 Å². The molecular weight excluding hydrogens is 570 g/mol. The minimum atomic E-state index is -4.94. The largest absolute Gasteiger partial charge is 0.416 e. The molecule has 3 aliphatic heterocycles. The molecule has 1 aliphatic carbocycles. The number of ether oxygens (including phenoxy) is 1. The average molecular weight is 609 g/mol. The second-order valence-corrected chi connectivity index (χ2v) is 12.9. The summed E-state index contributed by atoms with van der Waals surface area (Å²) < 4.78 is 89.9. The third kappa shape index (κ3) is 5.70. The van der Waals surface area contributed by atoms with E-state index in [2.05, 4.69) is 4.90 Å². The molecule has 2 aromatic rings. The summed E-state index contributed by atoms with van der Waals surface area (Å²) >= 11 is 0. The second-order valence-electron chi connectivity index (χ2n) is 12.9. The van der Waals surface area contributed by atoms with E-state index in [0.29, 0.717) is 38.8 Å². The zero-order valence-electron chi connectivity index (χ0n) is 24.2. The Morgan fingerprint density at radius 1 is 0.791 bits per heavy atom. The van der Waals surface area contributed by atoms with E-state index in [9.17, 15) is 31.1 Å². The maximum atomic E-state index is 14.0. The van der Waals surface area contributed by atoms with Crippen molar-refractivity contribution in [1.29, 1.82) is 0 Å². The number of hydrogen-bond acceptors (Lipinski definition) is 3. The van der Waals surface area contributed by atoms with E-state index >= 15 is 0 Å². The van der Waals surface area contributed by atoms with Gasteiger partial charge in [-0.1, -0.05) is 36.8 Å². The Hall–Kier alpha value is -2.59. The third-order valence-corrected chi connectivity index (χ3v) is 10.5. The molecule has 3 heterocycles. The molecule has 1 spiro atoms. The molecule has 1 unspecified atom stereocenters. The van der Waals surface area contributed by atoms with Gasteiger partial charge in [0.25, 0.3) is 0 Å². The van der Waals surface area contributed by atoms with Crippen LogP contribution in [0.25, 0.3) is 0 Å². The van der Waals surface area contributed by atoms with Crippen LogP contribution in [-0.2, 0) is 27.4 Å². The van der Waals surface area contributed by atoms with E-state index in [4.69, 9.17) is 4.74 Å². The maximum Gasteiger partial charge on any atom is 0.416 e. The number of carbonyl (C=O) groups excluding carboxylic acids is 1. The fourth-order valence-corrected chi connectivity index (χ4v) is 8.36. The smallest absolute Gasteiger partial charge is 0.381 e. The van der Waals surface area contributed by atoms with Crippen molar-refractivity contribution in [3.05, 3.63) is 70.8 Å². The lowest BCUT2D eigenvalue weighted by Gasteiger charge is -2.60. The fourth-order valence-electron chi connectivity index (χ4n) is 8.36. The number of carbonyl (C=O) groups is 1. The molecule has 0 aromatic heterocycles. The predicted octanol–water partition coefficient (Wildman–Crippen LogP) is 7.77. The van der Waals surface area contributed by atoms with E-state index in [1.54, 1.807) is 0 Å². The first-order valence-corrected chi connectivity index (χ1v) is 15.4. The summed E-state index contributed by atoms with van der Waals surface area (Å²) in [6.07, 6.45) is -3.64. The zero-order chi connectivity index (χ0) is 30.5. The summed E-state index contributed by atoms with van der Waals surface area (Å²) in [4.78, 5) is 17.9. The summed E-state index contributed by atoms with van der Waals surface area (Å²) in [5, 5.41) is 0. The van der Waals surface area contributed by atoms with Crippen molar-refractivity contribution >= 4 is 5.91 Å². The third-order valence-electron chi connectivity index (χ3n) is 10.5. The van der Waals surface area contributed by atoms with Crippen LogP contribution in [0.4, 0.5) is 26.3 Å². The quantitative estimate of drug-likeness (QED) is 0.333. The Bertz CT molecular complexity index is 1260. The molecule has 3 atom stereocenters. The van der Waals surface area contributed by atoms with Gasteiger partial charge in [0.05, 0.1) is 29.3 Å². The molecule has 0 N–H and O–H groups in total. The van der Waals surface area contributed by atoms with Crippen LogP contribution in [0.3, 0.4) is 0 Å².